The molecular formula is C20H24O4. The van der Waals surface area contributed by atoms with Crippen LogP contribution in [0, 0.1) is 5.92 Å². The minimum absolute atomic E-state index is 0.0303. The molecule has 0 radical (unpaired) electrons. The number of Topliss-reactive ketones (excluding diaryl/α,β-unsaturated/α-hetero) is 1. The van der Waals surface area contributed by atoms with E-state index in [2.05, 4.69) is 6.92 Å². The van der Waals surface area contributed by atoms with Gasteiger partial charge in [0.1, 0.15) is 5.75 Å². The highest BCUT2D eigenvalue weighted by Crippen LogP contribution is 2.37. The van der Waals surface area contributed by atoms with Crippen LogP contribution >= 0.6 is 0 Å². The van der Waals surface area contributed by atoms with Crippen molar-refractivity contribution < 1.29 is 14.3 Å². The van der Waals surface area contributed by atoms with Gasteiger partial charge in [0.15, 0.2) is 11.4 Å². The van der Waals surface area contributed by atoms with Gasteiger partial charge in [-0.15, -0.1) is 0 Å². The van der Waals surface area contributed by atoms with Crippen LogP contribution in [0.3, 0.4) is 0 Å². The first-order chi connectivity index (χ1) is 11.5. The van der Waals surface area contributed by atoms with Crippen molar-refractivity contribution >= 4 is 16.8 Å². The summed E-state index contributed by atoms with van der Waals surface area (Å²) in [7, 11) is 0. The second-order valence-corrected chi connectivity index (χ2v) is 6.80. The van der Waals surface area contributed by atoms with Crippen molar-refractivity contribution in [1.29, 1.82) is 0 Å². The summed E-state index contributed by atoms with van der Waals surface area (Å²) in [4.78, 5) is 24.8. The van der Waals surface area contributed by atoms with Crippen LogP contribution in [0.5, 0.6) is 5.75 Å². The summed E-state index contributed by atoms with van der Waals surface area (Å²) >= 11 is 0. The standard InChI is InChI=1S/C20H24O4/c1-3-5-12-7-8-14-10-16(22)18-13(6-4-2)11-17(23)24-20(18)19(14)15(21)9-12/h10-12,22H,3-9H2,1-2H3. The van der Waals surface area contributed by atoms with Gasteiger partial charge in [0, 0.05) is 12.5 Å². The number of phenols is 1. The summed E-state index contributed by atoms with van der Waals surface area (Å²) in [6, 6.07) is 3.13. The molecule has 1 N–H and O–H groups in total. The van der Waals surface area contributed by atoms with Crippen molar-refractivity contribution in [1.82, 2.24) is 0 Å². The molecule has 24 heavy (non-hydrogen) atoms. The van der Waals surface area contributed by atoms with Gasteiger partial charge in [0.2, 0.25) is 0 Å². The number of rotatable bonds is 4. The van der Waals surface area contributed by atoms with Crippen LogP contribution in [-0.4, -0.2) is 10.9 Å². The fourth-order valence-electron chi connectivity index (χ4n) is 3.90. The molecule has 1 heterocycles. The quantitative estimate of drug-likeness (QED) is 0.668. The number of ketones is 1. The normalized spacial score (nSPS) is 17.8. The van der Waals surface area contributed by atoms with Gasteiger partial charge in [-0.05, 0) is 42.4 Å². The summed E-state index contributed by atoms with van der Waals surface area (Å²) in [5, 5.41) is 11.0. The lowest BCUT2D eigenvalue weighted by Crippen LogP contribution is -2.09. The largest absolute Gasteiger partial charge is 0.507 e. The van der Waals surface area contributed by atoms with E-state index in [0.29, 0.717) is 29.7 Å². The Bertz CT molecular complexity index is 832. The number of phenolic OH excluding ortho intramolecular Hbond substituents is 1. The molecule has 1 aromatic heterocycles. The Morgan fingerprint density at radius 2 is 2.00 bits per heavy atom. The van der Waals surface area contributed by atoms with Gasteiger partial charge in [-0.25, -0.2) is 4.79 Å². The second-order valence-electron chi connectivity index (χ2n) is 6.80. The van der Waals surface area contributed by atoms with Gasteiger partial charge >= 0.3 is 5.63 Å². The summed E-state index contributed by atoms with van der Waals surface area (Å²) in [5.41, 5.74) is 1.90. The molecule has 4 nitrogen and oxygen atoms in total. The first kappa shape index (κ1) is 16.7. The van der Waals surface area contributed by atoms with Crippen LogP contribution in [0.25, 0.3) is 11.0 Å². The Labute approximate surface area is 141 Å². The highest BCUT2D eigenvalue weighted by atomic mass is 16.4. The van der Waals surface area contributed by atoms with E-state index in [4.69, 9.17) is 4.42 Å². The molecule has 0 aliphatic heterocycles. The number of fused-ring (bicyclic) bond motifs is 3. The third-order valence-electron chi connectivity index (χ3n) is 4.95. The van der Waals surface area contributed by atoms with Gasteiger partial charge in [-0.1, -0.05) is 33.1 Å². The van der Waals surface area contributed by atoms with Gasteiger partial charge in [-0.2, -0.15) is 0 Å². The predicted octanol–water partition coefficient (Wildman–Crippen LogP) is 4.39. The van der Waals surface area contributed by atoms with E-state index in [9.17, 15) is 14.7 Å². The van der Waals surface area contributed by atoms with E-state index in [1.165, 1.54) is 6.07 Å². The summed E-state index contributed by atoms with van der Waals surface area (Å²) < 4.78 is 5.41. The molecule has 0 spiro atoms. The molecule has 4 heteroatoms. The Kier molecular flexibility index (Phi) is 4.74. The number of hydrogen-bond acceptors (Lipinski definition) is 4. The minimum atomic E-state index is -0.457. The molecule has 0 amide bonds. The Hall–Kier alpha value is -2.10. The van der Waals surface area contributed by atoms with Crippen LogP contribution in [0.15, 0.2) is 21.3 Å². The van der Waals surface area contributed by atoms with Crippen LogP contribution in [0.2, 0.25) is 0 Å². The third-order valence-corrected chi connectivity index (χ3v) is 4.95. The van der Waals surface area contributed by atoms with E-state index in [1.807, 2.05) is 6.92 Å². The maximum absolute atomic E-state index is 12.9. The zero-order valence-corrected chi connectivity index (χ0v) is 14.4. The topological polar surface area (TPSA) is 67.5 Å². The maximum atomic E-state index is 12.9. The number of carbonyl (C=O) groups is 1. The first-order valence-corrected chi connectivity index (χ1v) is 8.89. The third kappa shape index (κ3) is 2.97. The average molecular weight is 328 g/mol. The number of benzene rings is 1. The maximum Gasteiger partial charge on any atom is 0.336 e. The van der Waals surface area contributed by atoms with E-state index in [-0.39, 0.29) is 17.1 Å². The Morgan fingerprint density at radius 3 is 2.71 bits per heavy atom. The molecule has 1 aliphatic rings. The molecular weight excluding hydrogens is 304 g/mol. The van der Waals surface area contributed by atoms with Crippen molar-refractivity contribution in [3.05, 3.63) is 39.2 Å². The highest BCUT2D eigenvalue weighted by molar-refractivity contribution is 6.09. The monoisotopic (exact) mass is 328 g/mol. The van der Waals surface area contributed by atoms with E-state index < -0.39 is 5.63 Å². The number of hydrogen-bond donors (Lipinski definition) is 1. The lowest BCUT2D eigenvalue weighted by molar-refractivity contribution is 0.0962. The SMILES string of the molecule is CCCc1cc(=O)oc2c3c(cc(O)c12)CCC(CCC)CC3=O. The zero-order chi connectivity index (χ0) is 17.3. The van der Waals surface area contributed by atoms with Gasteiger partial charge in [-0.3, -0.25) is 4.79 Å². The number of aromatic hydroxyl groups is 1. The molecule has 1 atom stereocenters. The van der Waals surface area contributed by atoms with Crippen LogP contribution in [0.1, 0.15) is 67.4 Å². The Morgan fingerprint density at radius 1 is 1.21 bits per heavy atom. The minimum Gasteiger partial charge on any atom is -0.507 e. The molecule has 0 saturated heterocycles. The molecule has 128 valence electrons. The van der Waals surface area contributed by atoms with Crippen molar-refractivity contribution in [2.24, 2.45) is 5.92 Å². The summed E-state index contributed by atoms with van der Waals surface area (Å²) in [6.45, 7) is 4.14. The molecule has 0 fully saturated rings. The van der Waals surface area contributed by atoms with Crippen molar-refractivity contribution in [2.45, 2.75) is 58.8 Å². The number of aryl methyl sites for hydroxylation is 2. The average Bonchev–Trinajstić information content (AvgIpc) is 2.66. The lowest BCUT2D eigenvalue weighted by Gasteiger charge is -2.12. The van der Waals surface area contributed by atoms with E-state index >= 15 is 0 Å². The molecule has 0 saturated carbocycles. The van der Waals surface area contributed by atoms with Crippen LogP contribution < -0.4 is 5.63 Å². The van der Waals surface area contributed by atoms with Crippen molar-refractivity contribution in [3.8, 4) is 5.75 Å². The van der Waals surface area contributed by atoms with Gasteiger partial charge in [0.05, 0.1) is 10.9 Å². The Balaban J connectivity index is 2.23. The number of carbonyl (C=O) groups excluding carboxylic acids is 1. The molecule has 0 bridgehead atoms. The molecule has 3 rings (SSSR count). The molecule has 1 unspecified atom stereocenters. The van der Waals surface area contributed by atoms with E-state index in [1.54, 1.807) is 6.07 Å². The lowest BCUT2D eigenvalue weighted by atomic mass is 9.94. The second kappa shape index (κ2) is 6.80. The fraction of sp³-hybridized carbons (Fsp3) is 0.500. The van der Waals surface area contributed by atoms with Crippen LogP contribution in [-0.2, 0) is 12.8 Å². The molecule has 2 aromatic rings. The van der Waals surface area contributed by atoms with Gasteiger partial charge < -0.3 is 9.52 Å². The van der Waals surface area contributed by atoms with Crippen molar-refractivity contribution in [2.75, 3.05) is 0 Å². The van der Waals surface area contributed by atoms with Crippen molar-refractivity contribution in [3.63, 3.8) is 0 Å². The predicted molar refractivity (Wildman–Crippen MR) is 93.8 cm³/mol. The zero-order valence-electron chi connectivity index (χ0n) is 14.4. The summed E-state index contributed by atoms with van der Waals surface area (Å²) in [5.74, 6) is 0.498. The molecule has 1 aromatic carbocycles. The first-order valence-electron chi connectivity index (χ1n) is 8.89. The summed E-state index contributed by atoms with van der Waals surface area (Å²) in [6.07, 6.45) is 5.74. The van der Waals surface area contributed by atoms with E-state index in [0.717, 1.165) is 43.2 Å². The van der Waals surface area contributed by atoms with Gasteiger partial charge in [0.25, 0.3) is 0 Å². The fourth-order valence-corrected chi connectivity index (χ4v) is 3.90. The molecule has 1 aliphatic carbocycles. The smallest absolute Gasteiger partial charge is 0.336 e. The highest BCUT2D eigenvalue weighted by Gasteiger charge is 2.27. The van der Waals surface area contributed by atoms with Crippen LogP contribution in [0.4, 0.5) is 0 Å².